The number of ether oxygens (including phenoxy) is 1. The van der Waals surface area contributed by atoms with Crippen molar-refractivity contribution in [2.45, 2.75) is 39.3 Å². The highest BCUT2D eigenvalue weighted by molar-refractivity contribution is 5.93. The van der Waals surface area contributed by atoms with Gasteiger partial charge in [-0.2, -0.15) is 0 Å². The quantitative estimate of drug-likeness (QED) is 0.156. The van der Waals surface area contributed by atoms with Gasteiger partial charge in [0.1, 0.15) is 24.0 Å². The number of quaternary nitrogens is 1. The Morgan fingerprint density at radius 3 is 2.42 bits per heavy atom. The lowest BCUT2D eigenvalue weighted by atomic mass is 10.0. The summed E-state index contributed by atoms with van der Waals surface area (Å²) in [7, 11) is 1.92. The molecule has 1 aliphatic heterocycles. The Morgan fingerprint density at radius 1 is 1.02 bits per heavy atom. The molecule has 1 aliphatic rings. The van der Waals surface area contributed by atoms with Gasteiger partial charge in [-0.05, 0) is 86.0 Å². The van der Waals surface area contributed by atoms with E-state index in [4.69, 9.17) is 10.5 Å². The zero-order valence-corrected chi connectivity index (χ0v) is 24.9. The van der Waals surface area contributed by atoms with Crippen molar-refractivity contribution in [3.05, 3.63) is 119 Å². The summed E-state index contributed by atoms with van der Waals surface area (Å²) in [5.41, 5.74) is 12.0. The van der Waals surface area contributed by atoms with Crippen LogP contribution >= 0.6 is 0 Å². The lowest BCUT2D eigenvalue weighted by Gasteiger charge is -2.34. The van der Waals surface area contributed by atoms with Crippen molar-refractivity contribution in [3.63, 3.8) is 0 Å². The van der Waals surface area contributed by atoms with Gasteiger partial charge in [0.25, 0.3) is 0 Å². The van der Waals surface area contributed by atoms with Crippen LogP contribution in [0.4, 0.5) is 0 Å². The number of aryl methyl sites for hydroxylation is 2. The van der Waals surface area contributed by atoms with Gasteiger partial charge in [-0.25, -0.2) is 14.1 Å². The number of hydrogen-bond acceptors (Lipinski definition) is 5. The number of nitrogens with two attached hydrogens (primary N) is 1. The molecule has 0 saturated heterocycles. The first kappa shape index (κ1) is 29.7. The fraction of sp³-hybridized carbons (Fsp3) is 0.229. The first-order chi connectivity index (χ1) is 20.5. The molecule has 3 atom stereocenters. The highest BCUT2D eigenvalue weighted by Crippen LogP contribution is 2.32. The predicted molar refractivity (Wildman–Crippen MR) is 168 cm³/mol. The van der Waals surface area contributed by atoms with Crippen LogP contribution in [0.5, 0.6) is 5.75 Å². The van der Waals surface area contributed by atoms with Crippen LogP contribution < -0.4 is 15.8 Å². The Bertz CT molecular complexity index is 1730. The smallest absolute Gasteiger partial charge is 0.351 e. The third kappa shape index (κ3) is 6.35. The summed E-state index contributed by atoms with van der Waals surface area (Å²) in [6, 6.07) is 19.0. The van der Waals surface area contributed by atoms with E-state index in [9.17, 15) is 14.4 Å². The van der Waals surface area contributed by atoms with E-state index in [2.05, 4.69) is 16.4 Å². The lowest BCUT2D eigenvalue weighted by molar-refractivity contribution is -0.747. The number of carbonyl (C=O) groups is 3. The average Bonchev–Trinajstić information content (AvgIpc) is 3.39. The van der Waals surface area contributed by atoms with Crippen molar-refractivity contribution >= 4 is 34.4 Å². The molecule has 0 spiro atoms. The molecule has 43 heavy (non-hydrogen) atoms. The van der Waals surface area contributed by atoms with E-state index in [1.165, 1.54) is 0 Å². The number of allylic oxidation sites excluding steroid dienone is 2. The molecule has 4 N–H and O–H groups in total. The minimum Gasteiger partial charge on any atom is -0.425 e. The minimum absolute atomic E-state index is 0.00269. The summed E-state index contributed by atoms with van der Waals surface area (Å²) in [5.74, 6) is -0.713. The summed E-state index contributed by atoms with van der Waals surface area (Å²) in [6.45, 7) is 6.06. The van der Waals surface area contributed by atoms with Gasteiger partial charge in [0.15, 0.2) is 0 Å². The molecule has 2 heterocycles. The fourth-order valence-corrected chi connectivity index (χ4v) is 5.55. The molecule has 1 unspecified atom stereocenters. The number of hydrogen-bond donors (Lipinski definition) is 3. The number of benzene rings is 3. The number of H-pyrrole nitrogens is 1. The summed E-state index contributed by atoms with van der Waals surface area (Å²) >= 11 is 0. The van der Waals surface area contributed by atoms with Gasteiger partial charge >= 0.3 is 11.9 Å². The van der Waals surface area contributed by atoms with E-state index in [-0.39, 0.29) is 16.8 Å². The van der Waals surface area contributed by atoms with Crippen molar-refractivity contribution < 1.29 is 23.6 Å². The number of rotatable bonds is 8. The molecule has 0 bridgehead atoms. The van der Waals surface area contributed by atoms with Crippen molar-refractivity contribution in [2.24, 2.45) is 5.73 Å². The molecule has 0 radical (unpaired) electrons. The van der Waals surface area contributed by atoms with Crippen molar-refractivity contribution in [3.8, 4) is 5.75 Å². The molecule has 1 aromatic heterocycles. The fourth-order valence-electron chi connectivity index (χ4n) is 5.55. The molecule has 4 aromatic rings. The van der Waals surface area contributed by atoms with E-state index < -0.39 is 24.0 Å². The predicted octanol–water partition coefficient (Wildman–Crippen LogP) is 4.96. The highest BCUT2D eigenvalue weighted by atomic mass is 16.5. The Hall–Kier alpha value is -4.79. The minimum atomic E-state index is -0.945. The second-order valence-corrected chi connectivity index (χ2v) is 11.4. The molecular formula is C35H37N4O4+. The second kappa shape index (κ2) is 12.2. The first-order valence-electron chi connectivity index (χ1n) is 14.3. The maximum atomic E-state index is 13.8. The number of amides is 2. The van der Waals surface area contributed by atoms with Gasteiger partial charge in [0, 0.05) is 35.2 Å². The molecule has 8 heteroatoms. The topological polar surface area (TPSA) is 114 Å². The molecule has 3 aromatic carbocycles. The summed E-state index contributed by atoms with van der Waals surface area (Å²) in [4.78, 5) is 42.9. The number of esters is 1. The van der Waals surface area contributed by atoms with E-state index in [1.54, 1.807) is 19.1 Å². The van der Waals surface area contributed by atoms with Crippen LogP contribution in [-0.4, -0.2) is 52.9 Å². The summed E-state index contributed by atoms with van der Waals surface area (Å²) < 4.78 is 5.82. The number of para-hydroxylation sites is 1. The monoisotopic (exact) mass is 577 g/mol. The normalized spacial score (nSPS) is 17.7. The van der Waals surface area contributed by atoms with Crippen LogP contribution in [0, 0.1) is 13.8 Å². The number of aromatic nitrogens is 1. The van der Waals surface area contributed by atoms with Crippen molar-refractivity contribution in [1.82, 2.24) is 10.3 Å². The van der Waals surface area contributed by atoms with Crippen LogP contribution in [0.1, 0.15) is 39.5 Å². The van der Waals surface area contributed by atoms with E-state index >= 15 is 0 Å². The number of likely N-dealkylation sites (N-methyl/N-ethyl adjacent to an activating group) is 1. The largest absolute Gasteiger partial charge is 0.425 e. The van der Waals surface area contributed by atoms with Gasteiger partial charge in [-0.3, -0.25) is 4.79 Å². The first-order valence-corrected chi connectivity index (χ1v) is 14.3. The molecule has 0 fully saturated rings. The SMILES string of the molecule is Cc1cc(C)cc(C(=O)[N+]2(C)CC=CC=C2c2ccc(OC(=O)[C@H](Cc3c[nH]c4ccccc34)NC(=O)[C@H](C)N)cc2)c1. The van der Waals surface area contributed by atoms with Crippen LogP contribution in [0.2, 0.25) is 0 Å². The second-order valence-electron chi connectivity index (χ2n) is 11.4. The van der Waals surface area contributed by atoms with E-state index in [0.29, 0.717) is 17.9 Å². The summed E-state index contributed by atoms with van der Waals surface area (Å²) in [6.07, 6.45) is 7.96. The van der Waals surface area contributed by atoms with Crippen LogP contribution in [0.3, 0.4) is 0 Å². The van der Waals surface area contributed by atoms with Gasteiger partial charge in [-0.15, -0.1) is 0 Å². The molecule has 2 amide bonds. The molecule has 0 saturated carbocycles. The van der Waals surface area contributed by atoms with Crippen molar-refractivity contribution in [2.75, 3.05) is 13.6 Å². The molecule has 5 rings (SSSR count). The lowest BCUT2D eigenvalue weighted by Crippen LogP contribution is -2.49. The number of nitrogens with one attached hydrogen (secondary N) is 2. The number of fused-ring (bicyclic) bond motifs is 1. The zero-order chi connectivity index (χ0) is 30.7. The van der Waals surface area contributed by atoms with Gasteiger partial charge < -0.3 is 20.8 Å². The molecule has 0 aliphatic carbocycles. The van der Waals surface area contributed by atoms with Crippen LogP contribution in [0.25, 0.3) is 16.6 Å². The van der Waals surface area contributed by atoms with E-state index in [1.807, 2.05) is 93.9 Å². The Labute approximate surface area is 251 Å². The van der Waals surface area contributed by atoms with E-state index in [0.717, 1.165) is 38.9 Å². The van der Waals surface area contributed by atoms with Crippen molar-refractivity contribution in [1.29, 1.82) is 0 Å². The zero-order valence-electron chi connectivity index (χ0n) is 24.9. The third-order valence-electron chi connectivity index (χ3n) is 7.79. The number of carbonyl (C=O) groups excluding carboxylic acids is 3. The van der Waals surface area contributed by atoms with Crippen LogP contribution in [-0.2, 0) is 16.0 Å². The number of aromatic amines is 1. The molecule has 220 valence electrons. The molecule has 8 nitrogen and oxygen atoms in total. The Kier molecular flexibility index (Phi) is 8.43. The molecular weight excluding hydrogens is 540 g/mol. The Balaban J connectivity index is 1.36. The third-order valence-corrected chi connectivity index (χ3v) is 7.79. The van der Waals surface area contributed by atoms with Gasteiger partial charge in [-0.1, -0.05) is 30.3 Å². The Morgan fingerprint density at radius 2 is 1.72 bits per heavy atom. The van der Waals surface area contributed by atoms with Gasteiger partial charge in [0.05, 0.1) is 18.7 Å². The highest BCUT2D eigenvalue weighted by Gasteiger charge is 2.38. The maximum absolute atomic E-state index is 13.8. The average molecular weight is 578 g/mol. The number of nitrogens with zero attached hydrogens (tertiary/aromatic N) is 1. The maximum Gasteiger partial charge on any atom is 0.351 e. The standard InChI is InChI=1S/C35H36N4O4/c1-22-17-23(2)19-26(18-22)34(41)39(4)16-8-7-11-32(39)25-12-14-28(15-13-25)43-35(42)31(38-33(40)24(3)36)20-27-21-37-30-10-6-5-9-29(27)30/h5-15,17-19,21,24,31,37H,16,20,36H2,1-4H3/p+1/t24-,31-,39?/m0/s1. The summed E-state index contributed by atoms with van der Waals surface area (Å²) in [5, 5.41) is 3.70. The van der Waals surface area contributed by atoms with Gasteiger partial charge in [0.2, 0.25) is 5.91 Å². The van der Waals surface area contributed by atoms with Crippen LogP contribution in [0.15, 0.2) is 91.2 Å².